The Labute approximate surface area is 127 Å². The molecule has 1 amide bonds. The number of carbonyl (C=O) groups excluding carboxylic acids is 1. The van der Waals surface area contributed by atoms with Crippen LogP contribution in [0.2, 0.25) is 0 Å². The molecular weight excluding hydrogens is 288 g/mol. The number of nitrogens with zero attached hydrogens (tertiary/aromatic N) is 1. The zero-order chi connectivity index (χ0) is 15.4. The predicted octanol–water partition coefficient (Wildman–Crippen LogP) is 2.65. The Kier molecular flexibility index (Phi) is 5.06. The minimum atomic E-state index is -0.189. The Hall–Kier alpha value is -1.76. The van der Waals surface area contributed by atoms with Gasteiger partial charge >= 0.3 is 0 Å². The summed E-state index contributed by atoms with van der Waals surface area (Å²) in [5, 5.41) is 12.8. The smallest absolute Gasteiger partial charge is 0.267 e. The number of ether oxygens (including phenoxy) is 1. The standard InChI is InChI=1S/C15H18N2O3S/c1-9-4-5-11(7-18)6-12(9)17-15(19)14-10(2)16-13(21-14)8-20-3/h4-6,18H,7-8H2,1-3H3,(H,17,19). The summed E-state index contributed by atoms with van der Waals surface area (Å²) in [5.41, 5.74) is 3.10. The van der Waals surface area contributed by atoms with Crippen LogP contribution in [0.1, 0.15) is 31.5 Å². The molecule has 0 atom stereocenters. The van der Waals surface area contributed by atoms with Crippen molar-refractivity contribution >= 4 is 22.9 Å². The molecule has 2 N–H and O–H groups in total. The van der Waals surface area contributed by atoms with Crippen molar-refractivity contribution in [1.29, 1.82) is 0 Å². The van der Waals surface area contributed by atoms with Crippen LogP contribution in [0.5, 0.6) is 0 Å². The quantitative estimate of drug-likeness (QED) is 0.891. The molecule has 1 heterocycles. The lowest BCUT2D eigenvalue weighted by atomic mass is 10.1. The van der Waals surface area contributed by atoms with Gasteiger partial charge in [0, 0.05) is 12.8 Å². The highest BCUT2D eigenvalue weighted by molar-refractivity contribution is 7.13. The number of anilines is 1. The molecule has 0 saturated heterocycles. The van der Waals surface area contributed by atoms with E-state index >= 15 is 0 Å². The Bertz CT molecular complexity index is 652. The van der Waals surface area contributed by atoms with Crippen LogP contribution in [-0.4, -0.2) is 23.1 Å². The molecule has 0 saturated carbocycles. The SMILES string of the molecule is COCc1nc(C)c(C(=O)Nc2cc(CO)ccc2C)s1. The fourth-order valence-electron chi connectivity index (χ4n) is 1.93. The molecule has 21 heavy (non-hydrogen) atoms. The second-order valence-electron chi connectivity index (χ2n) is 4.72. The number of hydrogen-bond acceptors (Lipinski definition) is 5. The second-order valence-corrected chi connectivity index (χ2v) is 5.80. The van der Waals surface area contributed by atoms with E-state index in [0.717, 1.165) is 16.1 Å². The number of rotatable bonds is 5. The van der Waals surface area contributed by atoms with E-state index in [1.807, 2.05) is 26.0 Å². The van der Waals surface area contributed by atoms with Gasteiger partial charge in [-0.25, -0.2) is 4.98 Å². The summed E-state index contributed by atoms with van der Waals surface area (Å²) in [6.07, 6.45) is 0. The van der Waals surface area contributed by atoms with Gasteiger partial charge in [-0.05, 0) is 31.0 Å². The molecule has 2 rings (SSSR count). The summed E-state index contributed by atoms with van der Waals surface area (Å²) in [6, 6.07) is 5.48. The van der Waals surface area contributed by atoms with Gasteiger partial charge in [-0.1, -0.05) is 12.1 Å². The first-order valence-corrected chi connectivity index (χ1v) is 7.33. The molecule has 0 spiro atoms. The van der Waals surface area contributed by atoms with Crippen LogP contribution in [0.25, 0.3) is 0 Å². The average Bonchev–Trinajstić information content (AvgIpc) is 2.82. The van der Waals surface area contributed by atoms with E-state index in [0.29, 0.717) is 22.9 Å². The van der Waals surface area contributed by atoms with E-state index in [1.54, 1.807) is 13.2 Å². The van der Waals surface area contributed by atoms with Gasteiger partial charge < -0.3 is 15.2 Å². The number of methoxy groups -OCH3 is 1. The van der Waals surface area contributed by atoms with E-state index in [1.165, 1.54) is 11.3 Å². The molecule has 0 bridgehead atoms. The topological polar surface area (TPSA) is 71.5 Å². The lowest BCUT2D eigenvalue weighted by molar-refractivity contribution is 0.102. The third kappa shape index (κ3) is 3.66. The minimum absolute atomic E-state index is 0.0548. The maximum atomic E-state index is 12.4. The van der Waals surface area contributed by atoms with Gasteiger partial charge in [0.1, 0.15) is 9.88 Å². The number of carbonyl (C=O) groups is 1. The van der Waals surface area contributed by atoms with Crippen LogP contribution in [0.3, 0.4) is 0 Å². The number of aryl methyl sites for hydroxylation is 2. The Morgan fingerprint density at radius 3 is 2.86 bits per heavy atom. The largest absolute Gasteiger partial charge is 0.392 e. The summed E-state index contributed by atoms with van der Waals surface area (Å²) in [4.78, 5) is 17.3. The summed E-state index contributed by atoms with van der Waals surface area (Å²) < 4.78 is 5.03. The van der Waals surface area contributed by atoms with Crippen molar-refractivity contribution in [2.45, 2.75) is 27.1 Å². The zero-order valence-electron chi connectivity index (χ0n) is 12.3. The number of nitrogens with one attached hydrogen (secondary N) is 1. The molecule has 0 unspecified atom stereocenters. The molecule has 0 aliphatic carbocycles. The second kappa shape index (κ2) is 6.80. The number of aliphatic hydroxyl groups is 1. The van der Waals surface area contributed by atoms with E-state index in [-0.39, 0.29) is 12.5 Å². The first-order chi connectivity index (χ1) is 10.0. The molecule has 1 aromatic carbocycles. The van der Waals surface area contributed by atoms with Crippen LogP contribution in [0.4, 0.5) is 5.69 Å². The zero-order valence-corrected chi connectivity index (χ0v) is 13.1. The summed E-state index contributed by atoms with van der Waals surface area (Å²) in [7, 11) is 1.60. The van der Waals surface area contributed by atoms with Crippen molar-refractivity contribution in [2.24, 2.45) is 0 Å². The molecule has 0 aliphatic heterocycles. The molecule has 0 radical (unpaired) electrons. The minimum Gasteiger partial charge on any atom is -0.392 e. The van der Waals surface area contributed by atoms with E-state index in [9.17, 15) is 9.90 Å². The number of aliphatic hydroxyl groups excluding tert-OH is 1. The van der Waals surface area contributed by atoms with Crippen molar-refractivity contribution in [3.63, 3.8) is 0 Å². The Morgan fingerprint density at radius 2 is 2.19 bits per heavy atom. The van der Waals surface area contributed by atoms with E-state index in [4.69, 9.17) is 4.74 Å². The van der Waals surface area contributed by atoms with Crippen LogP contribution < -0.4 is 5.32 Å². The lowest BCUT2D eigenvalue weighted by Gasteiger charge is -2.09. The summed E-state index contributed by atoms with van der Waals surface area (Å²) in [5.74, 6) is -0.189. The highest BCUT2D eigenvalue weighted by atomic mass is 32.1. The van der Waals surface area contributed by atoms with Crippen LogP contribution in [-0.2, 0) is 18.0 Å². The Balaban J connectivity index is 2.21. The van der Waals surface area contributed by atoms with Crippen molar-refractivity contribution in [1.82, 2.24) is 4.98 Å². The van der Waals surface area contributed by atoms with Crippen LogP contribution in [0, 0.1) is 13.8 Å². The fraction of sp³-hybridized carbons (Fsp3) is 0.333. The Morgan fingerprint density at radius 1 is 1.43 bits per heavy atom. The third-order valence-electron chi connectivity index (χ3n) is 3.05. The van der Waals surface area contributed by atoms with Crippen LogP contribution >= 0.6 is 11.3 Å². The number of aromatic nitrogens is 1. The van der Waals surface area contributed by atoms with Gasteiger partial charge in [0.05, 0.1) is 18.9 Å². The first-order valence-electron chi connectivity index (χ1n) is 6.52. The summed E-state index contributed by atoms with van der Waals surface area (Å²) >= 11 is 1.33. The predicted molar refractivity (Wildman–Crippen MR) is 82.6 cm³/mol. The molecule has 0 aliphatic rings. The molecule has 6 heteroatoms. The van der Waals surface area contributed by atoms with Crippen molar-refractivity contribution in [3.8, 4) is 0 Å². The fourth-order valence-corrected chi connectivity index (χ4v) is 2.86. The van der Waals surface area contributed by atoms with Crippen molar-refractivity contribution in [2.75, 3.05) is 12.4 Å². The number of benzene rings is 1. The normalized spacial score (nSPS) is 10.7. The molecule has 5 nitrogen and oxygen atoms in total. The number of thiazole rings is 1. The number of amides is 1. The van der Waals surface area contributed by atoms with Gasteiger partial charge in [-0.15, -0.1) is 11.3 Å². The molecule has 2 aromatic rings. The van der Waals surface area contributed by atoms with E-state index < -0.39 is 0 Å². The maximum Gasteiger partial charge on any atom is 0.267 e. The highest BCUT2D eigenvalue weighted by Crippen LogP contribution is 2.22. The maximum absolute atomic E-state index is 12.4. The van der Waals surface area contributed by atoms with Crippen molar-refractivity contribution < 1.29 is 14.6 Å². The molecule has 112 valence electrons. The van der Waals surface area contributed by atoms with Gasteiger partial charge in [0.25, 0.3) is 5.91 Å². The van der Waals surface area contributed by atoms with Gasteiger partial charge in [0.2, 0.25) is 0 Å². The molecule has 1 aromatic heterocycles. The third-order valence-corrected chi connectivity index (χ3v) is 4.18. The van der Waals surface area contributed by atoms with Crippen LogP contribution in [0.15, 0.2) is 18.2 Å². The van der Waals surface area contributed by atoms with Crippen molar-refractivity contribution in [3.05, 3.63) is 44.9 Å². The lowest BCUT2D eigenvalue weighted by Crippen LogP contribution is -2.12. The van der Waals surface area contributed by atoms with Gasteiger partial charge in [-0.2, -0.15) is 0 Å². The number of hydrogen-bond donors (Lipinski definition) is 2. The van der Waals surface area contributed by atoms with Gasteiger partial charge in [0.15, 0.2) is 0 Å². The van der Waals surface area contributed by atoms with Gasteiger partial charge in [-0.3, -0.25) is 4.79 Å². The monoisotopic (exact) mass is 306 g/mol. The van der Waals surface area contributed by atoms with E-state index in [2.05, 4.69) is 10.3 Å². The molecule has 0 fully saturated rings. The summed E-state index contributed by atoms with van der Waals surface area (Å²) in [6.45, 7) is 4.06. The molecular formula is C15H18N2O3S. The first kappa shape index (κ1) is 15.6. The average molecular weight is 306 g/mol. The highest BCUT2D eigenvalue weighted by Gasteiger charge is 2.16.